The molecule has 288 valence electrons. The van der Waals surface area contributed by atoms with E-state index in [2.05, 4.69) is 20.3 Å². The maximum Gasteiger partial charge on any atom is 0.475 e. The summed E-state index contributed by atoms with van der Waals surface area (Å²) in [7, 11) is -6.61. The predicted molar refractivity (Wildman–Crippen MR) is 210 cm³/mol. The zero-order valence-corrected chi connectivity index (χ0v) is 32.7. The van der Waals surface area contributed by atoms with Crippen LogP contribution in [-0.4, -0.2) is 39.8 Å². The SMILES string of the molecule is CNc1nc(Cl)nc2c1ncn2CCC(COP(=O)(OCc1ccccc1)OCc1ccccc1)COP(=O)(OCc1ccccc1)OCc1ccccc1. The summed E-state index contributed by atoms with van der Waals surface area (Å²) >= 11 is 6.23. The topological polar surface area (TPSA) is 145 Å². The summed E-state index contributed by atoms with van der Waals surface area (Å²) in [6.07, 6.45) is 1.99. The number of phosphoric acid groups is 2. The smallest absolute Gasteiger partial charge is 0.371 e. The van der Waals surface area contributed by atoms with Crippen molar-refractivity contribution < 1.29 is 36.3 Å². The van der Waals surface area contributed by atoms with Crippen LogP contribution < -0.4 is 5.32 Å². The highest BCUT2D eigenvalue weighted by Crippen LogP contribution is 2.53. The molecule has 0 aliphatic heterocycles. The van der Waals surface area contributed by atoms with Gasteiger partial charge in [0.15, 0.2) is 17.0 Å². The van der Waals surface area contributed by atoms with Crippen molar-refractivity contribution in [3.05, 3.63) is 155 Å². The van der Waals surface area contributed by atoms with E-state index in [1.807, 2.05) is 126 Å². The lowest BCUT2D eigenvalue weighted by atomic mass is 10.1. The Morgan fingerprint density at radius 2 is 1.02 bits per heavy atom. The lowest BCUT2D eigenvalue weighted by Crippen LogP contribution is -2.19. The van der Waals surface area contributed by atoms with Gasteiger partial charge in [-0.15, -0.1) is 0 Å². The molecule has 16 heteroatoms. The summed E-state index contributed by atoms with van der Waals surface area (Å²) < 4.78 is 65.9. The largest absolute Gasteiger partial charge is 0.475 e. The molecule has 0 aliphatic rings. The monoisotopic (exact) mass is 805 g/mol. The molecule has 0 aliphatic carbocycles. The summed E-state index contributed by atoms with van der Waals surface area (Å²) in [5, 5.41) is 3.05. The van der Waals surface area contributed by atoms with E-state index >= 15 is 0 Å². The number of benzene rings is 4. The zero-order chi connectivity index (χ0) is 38.4. The van der Waals surface area contributed by atoms with Gasteiger partial charge in [-0.1, -0.05) is 121 Å². The highest BCUT2D eigenvalue weighted by Gasteiger charge is 2.32. The molecule has 0 saturated carbocycles. The third kappa shape index (κ3) is 12.4. The van der Waals surface area contributed by atoms with Crippen LogP contribution in [0.4, 0.5) is 5.82 Å². The van der Waals surface area contributed by atoms with Crippen molar-refractivity contribution in [1.82, 2.24) is 19.5 Å². The van der Waals surface area contributed by atoms with E-state index < -0.39 is 21.6 Å². The fraction of sp³-hybridized carbons (Fsp3) is 0.256. The van der Waals surface area contributed by atoms with Gasteiger partial charge in [0, 0.05) is 19.5 Å². The van der Waals surface area contributed by atoms with Gasteiger partial charge in [-0.2, -0.15) is 9.97 Å². The van der Waals surface area contributed by atoms with Crippen LogP contribution in [-0.2, 0) is 69.2 Å². The number of halogens is 1. The van der Waals surface area contributed by atoms with Gasteiger partial charge in [-0.3, -0.25) is 27.1 Å². The van der Waals surface area contributed by atoms with Crippen molar-refractivity contribution in [2.45, 2.75) is 39.4 Å². The molecule has 6 rings (SSSR count). The Hall–Kier alpha value is -4.26. The second kappa shape index (κ2) is 20.1. The Labute approximate surface area is 325 Å². The molecule has 6 aromatic rings. The first kappa shape index (κ1) is 40.4. The Morgan fingerprint density at radius 3 is 1.40 bits per heavy atom. The standard InChI is InChI=1S/C39H42ClN5O8P2/c1-41-37-36-38(44-39(40)43-37)45(30-42-36)23-22-35(28-52-54(46,48-24-31-14-6-2-7-15-31)49-25-32-16-8-3-9-17-32)29-53-55(47,50-26-33-18-10-4-11-19-33)51-27-34-20-12-5-13-21-34/h2-21,30,35H,22-29H2,1H3,(H,41,43,44). The summed E-state index contributed by atoms with van der Waals surface area (Å²) in [4.78, 5) is 13.1. The molecule has 0 saturated heterocycles. The molecule has 2 aromatic heterocycles. The Kier molecular flexibility index (Phi) is 14.7. The molecule has 0 fully saturated rings. The summed E-state index contributed by atoms with van der Waals surface area (Å²) in [5.41, 5.74) is 4.20. The first-order valence-corrected chi connectivity index (χ1v) is 20.9. The van der Waals surface area contributed by atoms with Gasteiger partial charge >= 0.3 is 15.6 Å². The van der Waals surface area contributed by atoms with E-state index in [0.717, 1.165) is 22.3 Å². The highest BCUT2D eigenvalue weighted by atomic mass is 35.5. The van der Waals surface area contributed by atoms with E-state index in [9.17, 15) is 9.13 Å². The van der Waals surface area contributed by atoms with Gasteiger partial charge in [0.25, 0.3) is 0 Å². The van der Waals surface area contributed by atoms with Crippen LogP contribution in [0.2, 0.25) is 5.28 Å². The molecule has 0 unspecified atom stereocenters. The van der Waals surface area contributed by atoms with Crippen LogP contribution in [0.5, 0.6) is 0 Å². The van der Waals surface area contributed by atoms with Gasteiger partial charge < -0.3 is 9.88 Å². The molecule has 13 nitrogen and oxygen atoms in total. The number of nitrogens with one attached hydrogen (secondary N) is 1. The van der Waals surface area contributed by atoms with E-state index in [-0.39, 0.29) is 44.9 Å². The Morgan fingerprint density at radius 1 is 0.618 bits per heavy atom. The van der Waals surface area contributed by atoms with Gasteiger partial charge in [-0.25, -0.2) is 14.1 Å². The molecular weight excluding hydrogens is 764 g/mol. The van der Waals surface area contributed by atoms with Crippen molar-refractivity contribution in [2.75, 3.05) is 25.6 Å². The van der Waals surface area contributed by atoms with Crippen LogP contribution in [0.25, 0.3) is 11.2 Å². The molecule has 0 amide bonds. The van der Waals surface area contributed by atoms with Crippen LogP contribution >= 0.6 is 27.2 Å². The van der Waals surface area contributed by atoms with Crippen molar-refractivity contribution in [3.8, 4) is 0 Å². The number of anilines is 1. The first-order chi connectivity index (χ1) is 26.8. The van der Waals surface area contributed by atoms with Crippen molar-refractivity contribution in [1.29, 1.82) is 0 Å². The van der Waals surface area contributed by atoms with Gasteiger partial charge in [0.2, 0.25) is 5.28 Å². The minimum absolute atomic E-state index is 0.0147. The average molecular weight is 806 g/mol. The number of aryl methyl sites for hydroxylation is 1. The second-order valence-corrected chi connectivity index (χ2v) is 16.1. The van der Waals surface area contributed by atoms with Crippen LogP contribution in [0, 0.1) is 5.92 Å². The fourth-order valence-corrected chi connectivity index (χ4v) is 7.95. The average Bonchev–Trinajstić information content (AvgIpc) is 3.64. The van der Waals surface area contributed by atoms with Crippen molar-refractivity contribution in [3.63, 3.8) is 0 Å². The van der Waals surface area contributed by atoms with E-state index in [1.165, 1.54) is 0 Å². The number of rotatable bonds is 22. The maximum absolute atomic E-state index is 14.2. The van der Waals surface area contributed by atoms with Crippen molar-refractivity contribution >= 4 is 44.2 Å². The van der Waals surface area contributed by atoms with Gasteiger partial charge in [0.05, 0.1) is 46.0 Å². The van der Waals surface area contributed by atoms with Crippen LogP contribution in [0.15, 0.2) is 128 Å². The number of aromatic nitrogens is 4. The Bertz CT molecular complexity index is 1970. The number of fused-ring (bicyclic) bond motifs is 1. The van der Waals surface area contributed by atoms with E-state index in [1.54, 1.807) is 13.4 Å². The molecule has 2 heterocycles. The first-order valence-electron chi connectivity index (χ1n) is 17.6. The quantitative estimate of drug-likeness (QED) is 0.0515. The van der Waals surface area contributed by atoms with Crippen molar-refractivity contribution in [2.24, 2.45) is 5.92 Å². The molecule has 0 spiro atoms. The molecule has 1 N–H and O–H groups in total. The third-order valence-electron chi connectivity index (χ3n) is 8.32. The minimum atomic E-state index is -4.17. The number of hydrogen-bond acceptors (Lipinski definition) is 12. The molecule has 4 aromatic carbocycles. The number of phosphoric ester groups is 2. The fourth-order valence-electron chi connectivity index (χ4n) is 5.32. The highest BCUT2D eigenvalue weighted by molar-refractivity contribution is 7.48. The van der Waals surface area contributed by atoms with Crippen LogP contribution in [0.3, 0.4) is 0 Å². The molecule has 0 bridgehead atoms. The van der Waals surface area contributed by atoms with E-state index in [0.29, 0.717) is 29.9 Å². The number of nitrogens with zero attached hydrogens (tertiary/aromatic N) is 4. The molecule has 55 heavy (non-hydrogen) atoms. The number of imidazole rings is 1. The van der Waals surface area contributed by atoms with E-state index in [4.69, 9.17) is 38.7 Å². The number of hydrogen-bond donors (Lipinski definition) is 1. The molecule has 0 atom stereocenters. The normalized spacial score (nSPS) is 12.1. The predicted octanol–water partition coefficient (Wildman–Crippen LogP) is 9.64. The lowest BCUT2D eigenvalue weighted by molar-refractivity contribution is 0.0591. The zero-order valence-electron chi connectivity index (χ0n) is 30.2. The summed E-state index contributed by atoms with van der Waals surface area (Å²) in [6.45, 7) is -0.0356. The Balaban J connectivity index is 1.22. The van der Waals surface area contributed by atoms with Gasteiger partial charge in [0.1, 0.15) is 0 Å². The maximum atomic E-state index is 14.2. The second-order valence-electron chi connectivity index (χ2n) is 12.4. The third-order valence-corrected chi connectivity index (χ3v) is 11.2. The summed E-state index contributed by atoms with van der Waals surface area (Å²) in [6, 6.07) is 37.2. The molecule has 0 radical (unpaired) electrons. The van der Waals surface area contributed by atoms with Crippen LogP contribution in [0.1, 0.15) is 28.7 Å². The lowest BCUT2D eigenvalue weighted by Gasteiger charge is -2.24. The van der Waals surface area contributed by atoms with Gasteiger partial charge in [-0.05, 0) is 40.3 Å². The summed E-state index contributed by atoms with van der Waals surface area (Å²) in [5.74, 6) is -0.0578. The minimum Gasteiger partial charge on any atom is -0.371 e. The molecular formula is C39H42ClN5O8P2.